The van der Waals surface area contributed by atoms with Gasteiger partial charge >= 0.3 is 0 Å². The Kier molecular flexibility index (Phi) is 3.81. The Morgan fingerprint density at radius 1 is 1.19 bits per heavy atom. The molecule has 0 aromatic carbocycles. The van der Waals surface area contributed by atoms with E-state index < -0.39 is 0 Å². The van der Waals surface area contributed by atoms with Crippen LogP contribution in [-0.4, -0.2) is 30.6 Å². The summed E-state index contributed by atoms with van der Waals surface area (Å²) in [5.74, 6) is 0. The normalized spacial score (nSPS) is 40.3. The molecule has 2 aliphatic rings. The molecule has 1 heterocycles. The fourth-order valence-corrected chi connectivity index (χ4v) is 3.06. The first kappa shape index (κ1) is 12.3. The van der Waals surface area contributed by atoms with Crippen molar-refractivity contribution < 1.29 is 0 Å². The van der Waals surface area contributed by atoms with E-state index in [2.05, 4.69) is 22.9 Å². The third-order valence-electron chi connectivity index (χ3n) is 3.79. The van der Waals surface area contributed by atoms with Gasteiger partial charge in [0.1, 0.15) is 6.29 Å². The van der Waals surface area contributed by atoms with Crippen molar-refractivity contribution in [3.8, 4) is 0 Å². The van der Waals surface area contributed by atoms with E-state index in [1.54, 1.807) is 0 Å². The van der Waals surface area contributed by atoms with E-state index in [0.717, 1.165) is 13.0 Å². The van der Waals surface area contributed by atoms with Gasteiger partial charge < -0.3 is 16.8 Å². The molecular weight excluding hydrogens is 202 g/mol. The second-order valence-electron chi connectivity index (χ2n) is 5.37. The molecule has 94 valence electrons. The second-order valence-corrected chi connectivity index (χ2v) is 5.37. The predicted molar refractivity (Wildman–Crippen MR) is 65.5 cm³/mol. The molecule has 5 heteroatoms. The van der Waals surface area contributed by atoms with E-state index in [9.17, 15) is 0 Å². The van der Waals surface area contributed by atoms with Crippen LogP contribution in [0.25, 0.3) is 0 Å². The van der Waals surface area contributed by atoms with E-state index in [4.69, 9.17) is 11.5 Å². The fraction of sp³-hybridized carbons (Fsp3) is 1.00. The van der Waals surface area contributed by atoms with Gasteiger partial charge in [0, 0.05) is 18.1 Å². The highest BCUT2D eigenvalue weighted by molar-refractivity contribution is 4.97. The van der Waals surface area contributed by atoms with E-state index in [-0.39, 0.29) is 24.0 Å². The van der Waals surface area contributed by atoms with E-state index in [0.29, 0.717) is 0 Å². The summed E-state index contributed by atoms with van der Waals surface area (Å²) in [5.41, 5.74) is 12.4. The summed E-state index contributed by atoms with van der Waals surface area (Å²) in [5, 5.41) is 10.2. The summed E-state index contributed by atoms with van der Waals surface area (Å²) in [7, 11) is 0. The molecule has 16 heavy (non-hydrogen) atoms. The molecule has 0 aromatic rings. The van der Waals surface area contributed by atoms with Crippen molar-refractivity contribution in [3.05, 3.63) is 0 Å². The lowest BCUT2D eigenvalue weighted by Gasteiger charge is -2.35. The van der Waals surface area contributed by atoms with Crippen molar-refractivity contribution >= 4 is 0 Å². The largest absolute Gasteiger partial charge is 0.326 e. The van der Waals surface area contributed by atoms with Gasteiger partial charge in [0.2, 0.25) is 0 Å². The van der Waals surface area contributed by atoms with Crippen molar-refractivity contribution in [1.29, 1.82) is 0 Å². The Labute approximate surface area is 97.7 Å². The van der Waals surface area contributed by atoms with Crippen LogP contribution in [0.1, 0.15) is 39.0 Å². The Bertz CT molecular complexity index is 226. The number of nitrogens with two attached hydrogens (primary N) is 2. The fourth-order valence-electron chi connectivity index (χ4n) is 3.06. The monoisotopic (exact) mass is 227 g/mol. The van der Waals surface area contributed by atoms with Crippen molar-refractivity contribution in [2.24, 2.45) is 11.5 Å². The second kappa shape index (κ2) is 4.98. The molecule has 0 aromatic heterocycles. The van der Waals surface area contributed by atoms with Crippen molar-refractivity contribution in [3.63, 3.8) is 0 Å². The standard InChI is InChI=1S/C11H25N5/c1-8-14-7-9(12)6-11(4-2-3-5-11)16-10(13)15-8/h8-10,14-16H,2-7,12-13H2,1H3. The van der Waals surface area contributed by atoms with Crippen LogP contribution in [0.2, 0.25) is 0 Å². The molecular formula is C11H25N5. The molecule has 1 saturated heterocycles. The Morgan fingerprint density at radius 3 is 2.56 bits per heavy atom. The molecule has 1 aliphatic carbocycles. The molecule has 2 fully saturated rings. The maximum atomic E-state index is 6.16. The molecule has 1 aliphatic heterocycles. The highest BCUT2D eigenvalue weighted by Crippen LogP contribution is 2.33. The molecule has 3 unspecified atom stereocenters. The van der Waals surface area contributed by atoms with Gasteiger partial charge in [-0.25, -0.2) is 0 Å². The summed E-state index contributed by atoms with van der Waals surface area (Å²) >= 11 is 0. The lowest BCUT2D eigenvalue weighted by Crippen LogP contribution is -2.61. The minimum Gasteiger partial charge on any atom is -0.326 e. The van der Waals surface area contributed by atoms with Crippen LogP contribution in [0.15, 0.2) is 0 Å². The van der Waals surface area contributed by atoms with Gasteiger partial charge in [-0.05, 0) is 26.2 Å². The zero-order valence-electron chi connectivity index (χ0n) is 10.1. The van der Waals surface area contributed by atoms with Gasteiger partial charge in [-0.1, -0.05) is 12.8 Å². The first-order chi connectivity index (χ1) is 7.60. The predicted octanol–water partition coefficient (Wildman–Crippen LogP) is -0.613. The maximum Gasteiger partial charge on any atom is 0.111 e. The Balaban J connectivity index is 2.06. The lowest BCUT2D eigenvalue weighted by atomic mass is 9.89. The average molecular weight is 227 g/mol. The molecule has 7 N–H and O–H groups in total. The summed E-state index contributed by atoms with van der Waals surface area (Å²) < 4.78 is 0. The third-order valence-corrected chi connectivity index (χ3v) is 3.79. The summed E-state index contributed by atoms with van der Waals surface area (Å²) in [6.07, 6.45) is 6.04. The highest BCUT2D eigenvalue weighted by atomic mass is 15.3. The minimum absolute atomic E-state index is 0.147. The summed E-state index contributed by atoms with van der Waals surface area (Å²) in [6.45, 7) is 2.92. The number of rotatable bonds is 0. The van der Waals surface area contributed by atoms with Gasteiger partial charge in [-0.3, -0.25) is 10.6 Å². The zero-order chi connectivity index (χ0) is 11.6. The Hall–Kier alpha value is -0.200. The van der Waals surface area contributed by atoms with Crippen LogP contribution in [0, 0.1) is 0 Å². The zero-order valence-corrected chi connectivity index (χ0v) is 10.1. The molecule has 0 radical (unpaired) electrons. The van der Waals surface area contributed by atoms with Crippen LogP contribution >= 0.6 is 0 Å². The molecule has 1 saturated carbocycles. The quantitative estimate of drug-likeness (QED) is 0.381. The van der Waals surface area contributed by atoms with Crippen LogP contribution in [0.5, 0.6) is 0 Å². The van der Waals surface area contributed by atoms with Gasteiger partial charge in [-0.15, -0.1) is 0 Å². The third kappa shape index (κ3) is 2.93. The molecule has 5 nitrogen and oxygen atoms in total. The number of hydrogen-bond acceptors (Lipinski definition) is 5. The molecule has 1 spiro atoms. The smallest absolute Gasteiger partial charge is 0.111 e. The maximum absolute atomic E-state index is 6.16. The first-order valence-electron chi connectivity index (χ1n) is 6.38. The van der Waals surface area contributed by atoms with Crippen molar-refractivity contribution in [2.45, 2.75) is 63.1 Å². The molecule has 3 atom stereocenters. The van der Waals surface area contributed by atoms with E-state index in [1.165, 1.54) is 25.7 Å². The minimum atomic E-state index is -0.147. The highest BCUT2D eigenvalue weighted by Gasteiger charge is 2.37. The summed E-state index contributed by atoms with van der Waals surface area (Å²) in [6, 6.07) is 0.208. The van der Waals surface area contributed by atoms with Crippen molar-refractivity contribution in [1.82, 2.24) is 16.0 Å². The number of nitrogens with one attached hydrogen (secondary N) is 3. The van der Waals surface area contributed by atoms with Gasteiger partial charge in [0.25, 0.3) is 0 Å². The Morgan fingerprint density at radius 2 is 1.88 bits per heavy atom. The molecule has 0 amide bonds. The van der Waals surface area contributed by atoms with Gasteiger partial charge in [-0.2, -0.15) is 0 Å². The molecule has 0 bridgehead atoms. The van der Waals surface area contributed by atoms with Crippen LogP contribution in [0.3, 0.4) is 0 Å². The van der Waals surface area contributed by atoms with Crippen molar-refractivity contribution in [2.75, 3.05) is 6.54 Å². The van der Waals surface area contributed by atoms with E-state index >= 15 is 0 Å². The number of hydrogen-bond donors (Lipinski definition) is 5. The lowest BCUT2D eigenvalue weighted by molar-refractivity contribution is 0.240. The summed E-state index contributed by atoms with van der Waals surface area (Å²) in [4.78, 5) is 0. The average Bonchev–Trinajstić information content (AvgIpc) is 2.63. The van der Waals surface area contributed by atoms with E-state index in [1.807, 2.05) is 0 Å². The van der Waals surface area contributed by atoms with Gasteiger partial charge in [0.15, 0.2) is 0 Å². The topological polar surface area (TPSA) is 88.1 Å². The van der Waals surface area contributed by atoms with Crippen LogP contribution < -0.4 is 27.4 Å². The SMILES string of the molecule is CC1NCC(N)CC2(CCCC2)NC(N)N1. The van der Waals surface area contributed by atoms with Crippen LogP contribution in [-0.2, 0) is 0 Å². The van der Waals surface area contributed by atoms with Gasteiger partial charge in [0.05, 0.1) is 6.17 Å². The first-order valence-corrected chi connectivity index (χ1v) is 6.38. The van der Waals surface area contributed by atoms with Crippen LogP contribution in [0.4, 0.5) is 0 Å². The molecule has 2 rings (SSSR count).